The quantitative estimate of drug-likeness (QED) is 0.771. The Kier molecular flexibility index (Phi) is 6.18. The maximum absolute atomic E-state index is 14.0. The highest BCUT2D eigenvalue weighted by molar-refractivity contribution is 5.20. The highest BCUT2D eigenvalue weighted by Gasteiger charge is 2.33. The van der Waals surface area contributed by atoms with Gasteiger partial charge in [-0.25, -0.2) is 0 Å². The van der Waals surface area contributed by atoms with Crippen LogP contribution in [0, 0.1) is 0 Å². The summed E-state index contributed by atoms with van der Waals surface area (Å²) in [6.45, 7) is 1.33. The monoisotopic (exact) mass is 258 g/mol. The number of hydrogen-bond donors (Lipinski definition) is 1. The number of ether oxygens (including phenoxy) is 1. The fourth-order valence-electron chi connectivity index (χ4n) is 1.73. The molecule has 0 bridgehead atoms. The van der Waals surface area contributed by atoms with Crippen molar-refractivity contribution in [1.29, 1.82) is 0 Å². The average Bonchev–Trinajstić information content (AvgIpc) is 2.37. The molecule has 1 aromatic rings. The summed E-state index contributed by atoms with van der Waals surface area (Å²) in [4.78, 5) is 1.62. The third-order valence-corrected chi connectivity index (χ3v) is 2.68. The normalized spacial score (nSPS) is 12.1. The van der Waals surface area contributed by atoms with Gasteiger partial charge in [-0.15, -0.1) is 0 Å². The molecule has 1 aromatic carbocycles. The van der Waals surface area contributed by atoms with Gasteiger partial charge in [0.1, 0.15) is 0 Å². The summed E-state index contributed by atoms with van der Waals surface area (Å²) in [6, 6.07) is 7.84. The third-order valence-electron chi connectivity index (χ3n) is 2.68. The van der Waals surface area contributed by atoms with Crippen LogP contribution in [0.1, 0.15) is 5.56 Å². The Morgan fingerprint density at radius 1 is 1.22 bits per heavy atom. The first kappa shape index (κ1) is 15.0. The second-order valence-electron chi connectivity index (χ2n) is 4.13. The van der Waals surface area contributed by atoms with Gasteiger partial charge >= 0.3 is 0 Å². The van der Waals surface area contributed by atoms with E-state index in [2.05, 4.69) is 0 Å². The summed E-state index contributed by atoms with van der Waals surface area (Å²) in [7, 11) is 1.55. The van der Waals surface area contributed by atoms with Crippen molar-refractivity contribution in [3.8, 4) is 0 Å². The van der Waals surface area contributed by atoms with Crippen molar-refractivity contribution < 1.29 is 13.5 Å². The molecule has 0 spiro atoms. The Labute approximate surface area is 107 Å². The lowest BCUT2D eigenvalue weighted by atomic mass is 10.1. The molecule has 0 saturated heterocycles. The fraction of sp³-hybridized carbons (Fsp3) is 0.538. The summed E-state index contributed by atoms with van der Waals surface area (Å²) >= 11 is 0. The summed E-state index contributed by atoms with van der Waals surface area (Å²) in [6.07, 6.45) is 0. The van der Waals surface area contributed by atoms with E-state index in [0.717, 1.165) is 0 Å². The molecule has 0 saturated carbocycles. The Balaban J connectivity index is 2.66. The van der Waals surface area contributed by atoms with Crippen molar-refractivity contribution in [1.82, 2.24) is 4.90 Å². The second-order valence-corrected chi connectivity index (χ2v) is 4.13. The summed E-state index contributed by atoms with van der Waals surface area (Å²) in [5, 5.41) is 0. The van der Waals surface area contributed by atoms with E-state index in [-0.39, 0.29) is 12.1 Å². The van der Waals surface area contributed by atoms with E-state index in [1.54, 1.807) is 30.2 Å². The second kappa shape index (κ2) is 7.41. The molecule has 0 fully saturated rings. The Morgan fingerprint density at radius 2 is 1.89 bits per heavy atom. The van der Waals surface area contributed by atoms with Gasteiger partial charge in [0, 0.05) is 32.3 Å². The summed E-state index contributed by atoms with van der Waals surface area (Å²) in [5.41, 5.74) is 5.46. The molecule has 102 valence electrons. The Morgan fingerprint density at radius 3 is 2.44 bits per heavy atom. The molecule has 0 aliphatic heterocycles. The van der Waals surface area contributed by atoms with Crippen molar-refractivity contribution in [2.45, 2.75) is 5.92 Å². The molecule has 2 N–H and O–H groups in total. The fourth-order valence-corrected chi connectivity index (χ4v) is 1.73. The minimum atomic E-state index is -2.87. The van der Waals surface area contributed by atoms with E-state index in [0.29, 0.717) is 26.2 Å². The number of methoxy groups -OCH3 is 1. The summed E-state index contributed by atoms with van der Waals surface area (Å²) in [5.74, 6) is -2.87. The van der Waals surface area contributed by atoms with Crippen LogP contribution in [-0.2, 0) is 10.7 Å². The number of alkyl halides is 2. The molecule has 0 aliphatic rings. The molecule has 0 amide bonds. The third kappa shape index (κ3) is 4.68. The van der Waals surface area contributed by atoms with Crippen LogP contribution < -0.4 is 5.73 Å². The van der Waals surface area contributed by atoms with Crippen LogP contribution in [0.15, 0.2) is 30.3 Å². The largest absolute Gasteiger partial charge is 0.383 e. The van der Waals surface area contributed by atoms with E-state index >= 15 is 0 Å². The van der Waals surface area contributed by atoms with Gasteiger partial charge in [0.2, 0.25) is 0 Å². The SMILES string of the molecule is COCCN(CCN)CC(F)(F)c1ccccc1. The predicted octanol–water partition coefficient (Wildman–Crippen LogP) is 1.69. The van der Waals surface area contributed by atoms with E-state index in [4.69, 9.17) is 10.5 Å². The molecule has 0 heterocycles. The molecule has 3 nitrogen and oxygen atoms in total. The Bertz CT molecular complexity index is 333. The number of halogens is 2. The minimum Gasteiger partial charge on any atom is -0.383 e. The minimum absolute atomic E-state index is 0.0319. The van der Waals surface area contributed by atoms with Gasteiger partial charge in [0.25, 0.3) is 5.92 Å². The van der Waals surface area contributed by atoms with Crippen LogP contribution in [0.3, 0.4) is 0 Å². The van der Waals surface area contributed by atoms with E-state index in [1.165, 1.54) is 12.1 Å². The van der Waals surface area contributed by atoms with Gasteiger partial charge in [0.05, 0.1) is 13.2 Å². The van der Waals surface area contributed by atoms with Crippen LogP contribution in [-0.4, -0.2) is 44.8 Å². The van der Waals surface area contributed by atoms with Crippen LogP contribution in [0.4, 0.5) is 8.78 Å². The van der Waals surface area contributed by atoms with Crippen LogP contribution in [0.25, 0.3) is 0 Å². The highest BCUT2D eigenvalue weighted by atomic mass is 19.3. The van der Waals surface area contributed by atoms with Crippen molar-refractivity contribution in [2.75, 3.05) is 39.9 Å². The molecule has 0 atom stereocenters. The number of benzene rings is 1. The first-order valence-electron chi connectivity index (χ1n) is 5.95. The number of nitrogens with two attached hydrogens (primary N) is 1. The molecule has 18 heavy (non-hydrogen) atoms. The Hall–Kier alpha value is -1.04. The smallest absolute Gasteiger partial charge is 0.285 e. The summed E-state index contributed by atoms with van der Waals surface area (Å²) < 4.78 is 33.0. The van der Waals surface area contributed by atoms with Gasteiger partial charge in [0.15, 0.2) is 0 Å². The van der Waals surface area contributed by atoms with Gasteiger partial charge in [-0.3, -0.25) is 4.90 Å². The molecule has 5 heteroatoms. The number of rotatable bonds is 8. The lowest BCUT2D eigenvalue weighted by Crippen LogP contribution is -2.40. The van der Waals surface area contributed by atoms with Crippen molar-refractivity contribution in [2.24, 2.45) is 5.73 Å². The van der Waals surface area contributed by atoms with E-state index in [9.17, 15) is 8.78 Å². The molecule has 0 aromatic heterocycles. The lowest BCUT2D eigenvalue weighted by Gasteiger charge is -2.26. The van der Waals surface area contributed by atoms with Crippen LogP contribution >= 0.6 is 0 Å². The molecule has 0 aliphatic carbocycles. The highest BCUT2D eigenvalue weighted by Crippen LogP contribution is 2.28. The maximum atomic E-state index is 14.0. The molecule has 0 unspecified atom stereocenters. The van der Waals surface area contributed by atoms with Crippen LogP contribution in [0.5, 0.6) is 0 Å². The van der Waals surface area contributed by atoms with Crippen molar-refractivity contribution in [3.63, 3.8) is 0 Å². The van der Waals surface area contributed by atoms with Crippen molar-refractivity contribution >= 4 is 0 Å². The van der Waals surface area contributed by atoms with E-state index < -0.39 is 5.92 Å². The van der Waals surface area contributed by atoms with E-state index in [1.807, 2.05) is 0 Å². The molecular weight excluding hydrogens is 238 g/mol. The zero-order valence-corrected chi connectivity index (χ0v) is 10.6. The first-order valence-corrected chi connectivity index (χ1v) is 5.95. The zero-order valence-electron chi connectivity index (χ0n) is 10.6. The van der Waals surface area contributed by atoms with Gasteiger partial charge in [-0.2, -0.15) is 8.78 Å². The lowest BCUT2D eigenvalue weighted by molar-refractivity contribution is -0.0409. The van der Waals surface area contributed by atoms with Gasteiger partial charge in [-0.05, 0) is 0 Å². The van der Waals surface area contributed by atoms with Gasteiger partial charge in [-0.1, -0.05) is 30.3 Å². The predicted molar refractivity (Wildman–Crippen MR) is 67.7 cm³/mol. The average molecular weight is 258 g/mol. The molecular formula is C13H20F2N2O. The molecule has 0 radical (unpaired) electrons. The number of nitrogens with zero attached hydrogens (tertiary/aromatic N) is 1. The zero-order chi connectivity index (χ0) is 13.4. The molecule has 1 rings (SSSR count). The maximum Gasteiger partial charge on any atom is 0.285 e. The number of hydrogen-bond acceptors (Lipinski definition) is 3. The first-order chi connectivity index (χ1) is 8.60. The van der Waals surface area contributed by atoms with Gasteiger partial charge < -0.3 is 10.5 Å². The van der Waals surface area contributed by atoms with Crippen molar-refractivity contribution in [3.05, 3.63) is 35.9 Å². The standard InChI is InChI=1S/C13H20F2N2O/c1-18-10-9-17(8-7-16)11-13(14,15)12-5-3-2-4-6-12/h2-6H,7-11,16H2,1H3. The topological polar surface area (TPSA) is 38.5 Å². The van der Waals surface area contributed by atoms with Crippen LogP contribution in [0.2, 0.25) is 0 Å².